The number of aromatic nitrogens is 1. The zero-order chi connectivity index (χ0) is 13.8. The van der Waals surface area contributed by atoms with E-state index in [0.717, 1.165) is 0 Å². The van der Waals surface area contributed by atoms with Crippen LogP contribution in [0.2, 0.25) is 0 Å². The van der Waals surface area contributed by atoms with E-state index in [4.69, 9.17) is 0 Å². The quantitative estimate of drug-likeness (QED) is 0.648. The largest absolute Gasteiger partial charge is 0.318 e. The van der Waals surface area contributed by atoms with Crippen molar-refractivity contribution in [2.24, 2.45) is 5.41 Å². The molecule has 0 fully saturated rings. The Bertz CT molecular complexity index is 461. The second-order valence-electron chi connectivity index (χ2n) is 4.97. The third kappa shape index (κ3) is 4.08. The van der Waals surface area contributed by atoms with Gasteiger partial charge in [0.05, 0.1) is 18.3 Å². The number of anilines is 1. The SMILES string of the molecule is CC(C)(C)C(=O)CC(=O)C(=O)Nc1cccnc1. The van der Waals surface area contributed by atoms with Gasteiger partial charge >= 0.3 is 0 Å². The van der Waals surface area contributed by atoms with Gasteiger partial charge in [0.2, 0.25) is 5.78 Å². The maximum atomic E-state index is 11.6. The molecular weight excluding hydrogens is 232 g/mol. The van der Waals surface area contributed by atoms with Gasteiger partial charge in [-0.3, -0.25) is 19.4 Å². The van der Waals surface area contributed by atoms with Crippen LogP contribution in [0.1, 0.15) is 27.2 Å². The highest BCUT2D eigenvalue weighted by Gasteiger charge is 2.26. The summed E-state index contributed by atoms with van der Waals surface area (Å²) in [5.41, 5.74) is -0.191. The minimum absolute atomic E-state index is 0.256. The third-order valence-corrected chi connectivity index (χ3v) is 2.33. The van der Waals surface area contributed by atoms with Crippen molar-refractivity contribution < 1.29 is 14.4 Å². The van der Waals surface area contributed by atoms with Gasteiger partial charge in [0, 0.05) is 11.6 Å². The molecule has 5 heteroatoms. The number of amides is 1. The fourth-order valence-electron chi connectivity index (χ4n) is 1.13. The number of Topliss-reactive ketones (excluding diaryl/α,β-unsaturated/α-hetero) is 2. The first-order valence-corrected chi connectivity index (χ1v) is 5.58. The van der Waals surface area contributed by atoms with Gasteiger partial charge < -0.3 is 5.32 Å². The number of hydrogen-bond acceptors (Lipinski definition) is 4. The molecule has 1 heterocycles. The second-order valence-corrected chi connectivity index (χ2v) is 4.97. The molecule has 18 heavy (non-hydrogen) atoms. The van der Waals surface area contributed by atoms with Gasteiger partial charge in [-0.05, 0) is 12.1 Å². The van der Waals surface area contributed by atoms with Gasteiger partial charge in [-0.25, -0.2) is 0 Å². The highest BCUT2D eigenvalue weighted by molar-refractivity contribution is 6.43. The lowest BCUT2D eigenvalue weighted by molar-refractivity contribution is -0.139. The van der Waals surface area contributed by atoms with Gasteiger partial charge in [0.1, 0.15) is 5.78 Å². The fourth-order valence-corrected chi connectivity index (χ4v) is 1.13. The highest BCUT2D eigenvalue weighted by atomic mass is 16.2. The van der Waals surface area contributed by atoms with Crippen LogP contribution >= 0.6 is 0 Å². The Hall–Kier alpha value is -2.04. The summed E-state index contributed by atoms with van der Waals surface area (Å²) in [6.45, 7) is 5.13. The molecule has 0 aromatic carbocycles. The van der Waals surface area contributed by atoms with Crippen molar-refractivity contribution in [1.29, 1.82) is 0 Å². The van der Waals surface area contributed by atoms with Crippen molar-refractivity contribution in [3.05, 3.63) is 24.5 Å². The molecule has 1 amide bonds. The number of nitrogens with one attached hydrogen (secondary N) is 1. The van der Waals surface area contributed by atoms with E-state index in [9.17, 15) is 14.4 Å². The predicted molar refractivity (Wildman–Crippen MR) is 67.0 cm³/mol. The normalized spacial score (nSPS) is 10.8. The lowest BCUT2D eigenvalue weighted by atomic mass is 9.88. The topological polar surface area (TPSA) is 76.1 Å². The molecule has 0 aliphatic carbocycles. The highest BCUT2D eigenvalue weighted by Crippen LogP contribution is 2.17. The molecule has 0 aliphatic rings. The first-order chi connectivity index (χ1) is 8.30. The van der Waals surface area contributed by atoms with Gasteiger partial charge in [0.25, 0.3) is 5.91 Å². The Labute approximate surface area is 106 Å². The predicted octanol–water partition coefficient (Wildman–Crippen LogP) is 1.59. The Morgan fingerprint density at radius 2 is 1.94 bits per heavy atom. The lowest BCUT2D eigenvalue weighted by Gasteiger charge is -2.15. The molecule has 0 saturated heterocycles. The van der Waals surface area contributed by atoms with Crippen LogP contribution < -0.4 is 5.32 Å². The van der Waals surface area contributed by atoms with Crippen molar-refractivity contribution in [2.45, 2.75) is 27.2 Å². The van der Waals surface area contributed by atoms with E-state index in [1.165, 1.54) is 6.20 Å². The van der Waals surface area contributed by atoms with E-state index in [0.29, 0.717) is 5.69 Å². The second kappa shape index (κ2) is 5.53. The summed E-state index contributed by atoms with van der Waals surface area (Å²) < 4.78 is 0. The van der Waals surface area contributed by atoms with Crippen molar-refractivity contribution >= 4 is 23.2 Å². The average Bonchev–Trinajstić information content (AvgIpc) is 2.28. The summed E-state index contributed by atoms with van der Waals surface area (Å²) in [7, 11) is 0. The van der Waals surface area contributed by atoms with E-state index in [-0.39, 0.29) is 12.2 Å². The number of pyridine rings is 1. The Morgan fingerprint density at radius 1 is 1.28 bits per heavy atom. The molecule has 0 radical (unpaired) electrons. The van der Waals surface area contributed by atoms with Crippen molar-refractivity contribution in [3.63, 3.8) is 0 Å². The third-order valence-electron chi connectivity index (χ3n) is 2.33. The molecule has 1 aromatic heterocycles. The first kappa shape index (κ1) is 14.0. The number of ketones is 2. The van der Waals surface area contributed by atoms with Crippen molar-refractivity contribution in [3.8, 4) is 0 Å². The maximum Gasteiger partial charge on any atom is 0.292 e. The van der Waals surface area contributed by atoms with Gasteiger partial charge in [-0.1, -0.05) is 20.8 Å². The molecular formula is C13H16N2O3. The Kier molecular flexibility index (Phi) is 4.31. The summed E-state index contributed by atoms with van der Waals surface area (Å²) in [5, 5.41) is 2.40. The maximum absolute atomic E-state index is 11.6. The van der Waals surface area contributed by atoms with Crippen LogP contribution in [-0.2, 0) is 14.4 Å². The molecule has 0 spiro atoms. The van der Waals surface area contributed by atoms with E-state index in [1.54, 1.807) is 39.1 Å². The molecule has 5 nitrogen and oxygen atoms in total. The minimum atomic E-state index is -0.791. The molecule has 96 valence electrons. The zero-order valence-corrected chi connectivity index (χ0v) is 10.7. The molecule has 0 atom stereocenters. The van der Waals surface area contributed by atoms with Crippen molar-refractivity contribution in [1.82, 2.24) is 4.98 Å². The van der Waals surface area contributed by atoms with E-state index in [2.05, 4.69) is 10.3 Å². The molecule has 0 aliphatic heterocycles. The van der Waals surface area contributed by atoms with Gasteiger partial charge in [-0.2, -0.15) is 0 Å². The van der Waals surface area contributed by atoms with E-state index >= 15 is 0 Å². The van der Waals surface area contributed by atoms with Gasteiger partial charge in [-0.15, -0.1) is 0 Å². The fraction of sp³-hybridized carbons (Fsp3) is 0.385. The van der Waals surface area contributed by atoms with E-state index in [1.807, 2.05) is 0 Å². The Morgan fingerprint density at radius 3 is 2.44 bits per heavy atom. The molecule has 1 N–H and O–H groups in total. The zero-order valence-electron chi connectivity index (χ0n) is 10.7. The number of hydrogen-bond donors (Lipinski definition) is 1. The minimum Gasteiger partial charge on any atom is -0.318 e. The molecule has 1 aromatic rings. The first-order valence-electron chi connectivity index (χ1n) is 5.58. The monoisotopic (exact) mass is 248 g/mol. The molecule has 0 bridgehead atoms. The van der Waals surface area contributed by atoms with Crippen LogP contribution in [0, 0.1) is 5.41 Å². The number of carbonyl (C=O) groups excluding carboxylic acids is 3. The number of carbonyl (C=O) groups is 3. The van der Waals surface area contributed by atoms with Crippen LogP contribution in [-0.4, -0.2) is 22.5 Å². The van der Waals surface area contributed by atoms with Gasteiger partial charge in [0.15, 0.2) is 0 Å². The van der Waals surface area contributed by atoms with Crippen molar-refractivity contribution in [2.75, 3.05) is 5.32 Å². The van der Waals surface area contributed by atoms with Crippen LogP contribution in [0.25, 0.3) is 0 Å². The summed E-state index contributed by atoms with van der Waals surface area (Å²) >= 11 is 0. The summed E-state index contributed by atoms with van der Waals surface area (Å²) in [6.07, 6.45) is 2.60. The molecule has 0 saturated carbocycles. The smallest absolute Gasteiger partial charge is 0.292 e. The Balaban J connectivity index is 2.58. The summed E-state index contributed by atoms with van der Waals surface area (Å²) in [6, 6.07) is 3.25. The van der Waals surface area contributed by atoms with E-state index < -0.39 is 17.1 Å². The van der Waals surface area contributed by atoms with Crippen LogP contribution in [0.5, 0.6) is 0 Å². The molecule has 0 unspecified atom stereocenters. The average molecular weight is 248 g/mol. The molecule has 1 rings (SSSR count). The standard InChI is InChI=1S/C13H16N2O3/c1-13(2,3)11(17)7-10(16)12(18)15-9-5-4-6-14-8-9/h4-6,8H,7H2,1-3H3,(H,15,18). The van der Waals surface area contributed by atoms with Crippen LogP contribution in [0.15, 0.2) is 24.5 Å². The summed E-state index contributed by atoms with van der Waals surface area (Å²) in [4.78, 5) is 38.5. The number of rotatable bonds is 4. The summed E-state index contributed by atoms with van der Waals surface area (Å²) in [5.74, 6) is -1.78. The van der Waals surface area contributed by atoms with Crippen LogP contribution in [0.3, 0.4) is 0 Å². The number of nitrogens with zero attached hydrogens (tertiary/aromatic N) is 1. The lowest BCUT2D eigenvalue weighted by Crippen LogP contribution is -2.29. The van der Waals surface area contributed by atoms with Crippen LogP contribution in [0.4, 0.5) is 5.69 Å².